The Hall–Kier alpha value is -0.980. The predicted octanol–water partition coefficient (Wildman–Crippen LogP) is 6.06. The molecule has 1 saturated heterocycles. The molecule has 9 heteroatoms. The summed E-state index contributed by atoms with van der Waals surface area (Å²) < 4.78 is 13.3. The smallest absolute Gasteiger partial charge is 0.293 e. The number of amides is 2. The quantitative estimate of drug-likeness (QED) is 0.268. The molecule has 0 N–H and O–H groups in total. The Kier molecular flexibility index (Phi) is 8.11. The normalized spacial score (nSPS) is 15.3. The highest BCUT2D eigenvalue weighted by molar-refractivity contribution is 14.1. The van der Waals surface area contributed by atoms with Gasteiger partial charge in [0.2, 0.25) is 0 Å². The number of carbonyl (C=O) groups excluding carboxylic acids is 2. The fraction of sp³-hybridized carbons (Fsp3) is 0.200. The molecule has 1 fully saturated rings. The van der Waals surface area contributed by atoms with Crippen LogP contribution >= 0.6 is 68.5 Å². The van der Waals surface area contributed by atoms with Gasteiger partial charge in [-0.3, -0.25) is 14.5 Å². The van der Waals surface area contributed by atoms with Crippen LogP contribution in [-0.2, 0) is 4.79 Å². The van der Waals surface area contributed by atoms with E-state index >= 15 is 0 Å². The summed E-state index contributed by atoms with van der Waals surface area (Å²) >= 11 is 11.2. The van der Waals surface area contributed by atoms with Gasteiger partial charge >= 0.3 is 0 Å². The van der Waals surface area contributed by atoms with Crippen molar-refractivity contribution < 1.29 is 19.1 Å². The minimum atomic E-state index is -0.323. The number of thioether (sulfide) groups is 1. The minimum absolute atomic E-state index is 0.173. The van der Waals surface area contributed by atoms with Crippen LogP contribution in [0.1, 0.15) is 12.5 Å². The third-order valence-corrected chi connectivity index (χ3v) is 6.47. The monoisotopic (exact) mass is 655 g/mol. The molecular formula is C20H16ClI2NO4S. The molecule has 1 heterocycles. The second-order valence-electron chi connectivity index (χ2n) is 5.87. The standard InChI is InChI=1S/C20H16ClI2NO4S/c1-2-27-18-12(9-14(22)11-16(18)23)10-17-19(25)24(20(26)29-17)7-8-28-15-5-3-13(21)4-6-15/h3-6,9-11H,2,7-8H2,1H3/b17-10-. The maximum Gasteiger partial charge on any atom is 0.293 e. The van der Waals surface area contributed by atoms with Crippen molar-refractivity contribution in [3.63, 3.8) is 0 Å². The maximum absolute atomic E-state index is 12.7. The van der Waals surface area contributed by atoms with Crippen LogP contribution in [0, 0.1) is 7.14 Å². The summed E-state index contributed by atoms with van der Waals surface area (Å²) in [5, 5.41) is 0.310. The number of hydrogen-bond acceptors (Lipinski definition) is 5. The van der Waals surface area contributed by atoms with Gasteiger partial charge in [0.1, 0.15) is 18.1 Å². The van der Waals surface area contributed by atoms with E-state index < -0.39 is 0 Å². The number of nitrogens with zero attached hydrogens (tertiary/aromatic N) is 1. The lowest BCUT2D eigenvalue weighted by atomic mass is 10.2. The Morgan fingerprint density at radius 1 is 1.14 bits per heavy atom. The van der Waals surface area contributed by atoms with Gasteiger partial charge < -0.3 is 9.47 Å². The van der Waals surface area contributed by atoms with Crippen molar-refractivity contribution in [1.82, 2.24) is 4.90 Å². The van der Waals surface area contributed by atoms with Crippen molar-refractivity contribution in [3.8, 4) is 11.5 Å². The molecule has 0 bridgehead atoms. The Labute approximate surface area is 205 Å². The van der Waals surface area contributed by atoms with Gasteiger partial charge in [-0.15, -0.1) is 0 Å². The maximum atomic E-state index is 12.7. The molecule has 0 radical (unpaired) electrons. The molecule has 0 saturated carbocycles. The number of halogens is 3. The first-order valence-electron chi connectivity index (χ1n) is 8.64. The Morgan fingerprint density at radius 2 is 1.86 bits per heavy atom. The van der Waals surface area contributed by atoms with Gasteiger partial charge in [0.15, 0.2) is 0 Å². The van der Waals surface area contributed by atoms with Crippen LogP contribution in [0.5, 0.6) is 11.5 Å². The van der Waals surface area contributed by atoms with Gasteiger partial charge in [0, 0.05) is 14.2 Å². The molecule has 0 spiro atoms. The summed E-state index contributed by atoms with van der Waals surface area (Å²) in [6.45, 7) is 2.80. The SMILES string of the molecule is CCOc1c(I)cc(I)cc1/C=C1\SC(=O)N(CCOc2ccc(Cl)cc2)C1=O. The van der Waals surface area contributed by atoms with Gasteiger partial charge in [-0.25, -0.2) is 0 Å². The largest absolute Gasteiger partial charge is 0.492 e. The van der Waals surface area contributed by atoms with Gasteiger partial charge in [0.05, 0.1) is 21.6 Å². The van der Waals surface area contributed by atoms with Gasteiger partial charge in [-0.1, -0.05) is 11.6 Å². The lowest BCUT2D eigenvalue weighted by Crippen LogP contribution is -2.32. The molecule has 1 aliphatic heterocycles. The number of ether oxygens (including phenoxy) is 2. The molecule has 2 aromatic rings. The molecule has 1 aliphatic rings. The third-order valence-electron chi connectivity index (χ3n) is 3.88. The molecule has 3 rings (SSSR count). The van der Waals surface area contributed by atoms with Crippen LogP contribution in [0.3, 0.4) is 0 Å². The zero-order valence-corrected chi connectivity index (χ0v) is 21.2. The van der Waals surface area contributed by atoms with E-state index in [2.05, 4.69) is 45.2 Å². The fourth-order valence-corrected chi connectivity index (χ4v) is 5.63. The zero-order valence-electron chi connectivity index (χ0n) is 15.3. The zero-order chi connectivity index (χ0) is 21.0. The van der Waals surface area contributed by atoms with Crippen LogP contribution in [0.2, 0.25) is 5.02 Å². The highest BCUT2D eigenvalue weighted by Crippen LogP contribution is 2.36. The predicted molar refractivity (Wildman–Crippen MR) is 133 cm³/mol. The van der Waals surface area contributed by atoms with E-state index in [1.54, 1.807) is 30.3 Å². The van der Waals surface area contributed by atoms with Crippen molar-refractivity contribution in [3.05, 3.63) is 59.0 Å². The van der Waals surface area contributed by atoms with Gasteiger partial charge in [-0.2, -0.15) is 0 Å². The van der Waals surface area contributed by atoms with E-state index in [-0.39, 0.29) is 24.3 Å². The highest BCUT2D eigenvalue weighted by Gasteiger charge is 2.35. The highest BCUT2D eigenvalue weighted by atomic mass is 127. The van der Waals surface area contributed by atoms with Crippen molar-refractivity contribution in [2.75, 3.05) is 19.8 Å². The Balaban J connectivity index is 1.72. The lowest BCUT2D eigenvalue weighted by Gasteiger charge is -2.13. The summed E-state index contributed by atoms with van der Waals surface area (Å²) in [4.78, 5) is 26.7. The van der Waals surface area contributed by atoms with E-state index in [9.17, 15) is 9.59 Å². The molecule has 0 unspecified atom stereocenters. The lowest BCUT2D eigenvalue weighted by molar-refractivity contribution is -0.123. The second-order valence-corrected chi connectivity index (χ2v) is 9.71. The van der Waals surface area contributed by atoms with E-state index in [1.165, 1.54) is 4.90 Å². The van der Waals surface area contributed by atoms with Crippen molar-refractivity contribution >= 4 is 85.8 Å². The van der Waals surface area contributed by atoms with Crippen LogP contribution in [0.4, 0.5) is 4.79 Å². The van der Waals surface area contributed by atoms with E-state index in [0.717, 1.165) is 24.5 Å². The average molecular weight is 656 g/mol. The molecule has 0 atom stereocenters. The van der Waals surface area contributed by atoms with Crippen LogP contribution in [0.25, 0.3) is 6.08 Å². The summed E-state index contributed by atoms with van der Waals surface area (Å²) in [6.07, 6.45) is 1.72. The van der Waals surface area contributed by atoms with Gasteiger partial charge in [-0.05, 0) is 106 Å². The minimum Gasteiger partial charge on any atom is -0.492 e. The molecule has 0 aliphatic carbocycles. The van der Waals surface area contributed by atoms with Crippen LogP contribution in [-0.4, -0.2) is 35.8 Å². The average Bonchev–Trinajstić information content (AvgIpc) is 2.93. The summed E-state index contributed by atoms with van der Waals surface area (Å²) in [7, 11) is 0. The van der Waals surface area contributed by atoms with Gasteiger partial charge in [0.25, 0.3) is 11.1 Å². The number of hydrogen-bond donors (Lipinski definition) is 0. The first kappa shape index (κ1) is 22.7. The molecule has 0 aromatic heterocycles. The molecule has 5 nitrogen and oxygen atoms in total. The molecular weight excluding hydrogens is 640 g/mol. The number of benzene rings is 2. The van der Waals surface area contributed by atoms with E-state index in [0.29, 0.717) is 28.0 Å². The van der Waals surface area contributed by atoms with Crippen LogP contribution < -0.4 is 9.47 Å². The third kappa shape index (κ3) is 5.80. The Morgan fingerprint density at radius 3 is 2.55 bits per heavy atom. The summed E-state index contributed by atoms with van der Waals surface area (Å²) in [5.41, 5.74) is 0.783. The summed E-state index contributed by atoms with van der Waals surface area (Å²) in [6, 6.07) is 10.9. The van der Waals surface area contributed by atoms with Crippen molar-refractivity contribution in [2.24, 2.45) is 0 Å². The number of imide groups is 1. The number of rotatable bonds is 7. The molecule has 2 aromatic carbocycles. The van der Waals surface area contributed by atoms with Crippen LogP contribution in [0.15, 0.2) is 41.3 Å². The first-order valence-corrected chi connectivity index (χ1v) is 12.0. The Bertz CT molecular complexity index is 966. The molecule has 2 amide bonds. The first-order chi connectivity index (χ1) is 13.9. The van der Waals surface area contributed by atoms with Crippen molar-refractivity contribution in [1.29, 1.82) is 0 Å². The second kappa shape index (κ2) is 10.4. The summed E-state index contributed by atoms with van der Waals surface area (Å²) in [5.74, 6) is 1.02. The topological polar surface area (TPSA) is 55.8 Å². The number of carbonyl (C=O) groups is 2. The molecule has 29 heavy (non-hydrogen) atoms. The molecule has 152 valence electrons. The van der Waals surface area contributed by atoms with E-state index in [1.807, 2.05) is 19.1 Å². The fourth-order valence-electron chi connectivity index (χ4n) is 2.60. The van der Waals surface area contributed by atoms with E-state index in [4.69, 9.17) is 21.1 Å². The van der Waals surface area contributed by atoms with Crippen molar-refractivity contribution in [2.45, 2.75) is 6.92 Å².